The number of hydrogen-bond acceptors (Lipinski definition) is 10. The van der Waals surface area contributed by atoms with Gasteiger partial charge < -0.3 is 64.1 Å². The van der Waals surface area contributed by atoms with Crippen molar-refractivity contribution in [2.75, 3.05) is 13.2 Å². The van der Waals surface area contributed by atoms with Gasteiger partial charge in [0.15, 0.2) is 0 Å². The van der Waals surface area contributed by atoms with E-state index in [1.165, 1.54) is 0 Å². The molecular weight excluding hydrogens is 562 g/mol. The Kier molecular flexibility index (Phi) is 10.1. The Morgan fingerprint density at radius 1 is 0.613 bits per heavy atom. The van der Waals surface area contributed by atoms with E-state index in [-0.39, 0.29) is 6.15 Å². The molecule has 13 N–H and O–H groups in total. The topological polar surface area (TPSA) is 361 Å². The molecule has 188 valence electrons. The van der Waals surface area contributed by atoms with E-state index in [2.05, 4.69) is 9.05 Å². The van der Waals surface area contributed by atoms with E-state index >= 15 is 0 Å². The Morgan fingerprint density at radius 2 is 0.871 bits per heavy atom. The van der Waals surface area contributed by atoms with Crippen molar-refractivity contribution in [3.63, 3.8) is 0 Å². The second-order valence-corrected chi connectivity index (χ2v) is 17.3. The molecule has 26 heteroatoms. The summed E-state index contributed by atoms with van der Waals surface area (Å²) in [7, 11) is -37.5. The Labute approximate surface area is 172 Å². The SMILES string of the molecule is N.O=P(O)(O)C(N(C(P(=O)(O)O)P(=O)(O)O)C(P(=O)(O)O)P1(=O)OCCO1)P(=O)(O)O. The standard InChI is InChI=1S/C5H17NO18P6.H3N/c7-25(8,9)3(26(10,11)12)6(4(27(13,14)15)28(16,17)18)5(29(19,20)21)30(22)23-1-2-24-30;/h3-5H,1-2H2,(H2,7,8,9)(H2,10,11,12)(H2,13,14,15)(H2,16,17,18)(H2,19,20,21);1H3. The smallest absolute Gasteiger partial charge is 0.344 e. The minimum atomic E-state index is -6.44. The van der Waals surface area contributed by atoms with Crippen molar-refractivity contribution in [3.05, 3.63) is 0 Å². The van der Waals surface area contributed by atoms with Crippen LogP contribution in [-0.2, 0) is 36.4 Å². The third-order valence-corrected chi connectivity index (χ3v) is 14.8. The average molecular weight is 582 g/mol. The number of nitrogens with zero attached hydrogens (tertiary/aromatic N) is 1. The van der Waals surface area contributed by atoms with Gasteiger partial charge in [-0.15, -0.1) is 0 Å². The molecule has 20 nitrogen and oxygen atoms in total. The normalized spacial score (nSPS) is 19.6. The van der Waals surface area contributed by atoms with Crippen LogP contribution in [0.3, 0.4) is 0 Å². The summed E-state index contributed by atoms with van der Waals surface area (Å²) in [6.07, 6.45) is 0. The molecule has 1 heterocycles. The Hall–Kier alpha value is 0.820. The van der Waals surface area contributed by atoms with Gasteiger partial charge in [0, 0.05) is 0 Å². The van der Waals surface area contributed by atoms with Crippen molar-refractivity contribution in [1.29, 1.82) is 0 Å². The third-order valence-electron chi connectivity index (χ3n) is 3.21. The van der Waals surface area contributed by atoms with E-state index in [1.807, 2.05) is 0 Å². The zero-order valence-corrected chi connectivity index (χ0v) is 20.1. The fraction of sp³-hybridized carbons (Fsp3) is 1.00. The van der Waals surface area contributed by atoms with Gasteiger partial charge in [-0.3, -0.25) is 27.4 Å². The third kappa shape index (κ3) is 7.66. The van der Waals surface area contributed by atoms with E-state index in [1.54, 1.807) is 0 Å². The molecule has 0 aromatic rings. The van der Waals surface area contributed by atoms with E-state index in [4.69, 9.17) is 0 Å². The first-order valence-electron chi connectivity index (χ1n) is 6.86. The molecule has 31 heavy (non-hydrogen) atoms. The van der Waals surface area contributed by atoms with E-state index in [9.17, 15) is 76.3 Å². The molecule has 1 fully saturated rings. The monoisotopic (exact) mass is 582 g/mol. The van der Waals surface area contributed by atoms with Crippen molar-refractivity contribution in [2.24, 2.45) is 0 Å². The lowest BCUT2D eigenvalue weighted by Crippen LogP contribution is -2.49. The molecule has 0 radical (unpaired) electrons. The highest BCUT2D eigenvalue weighted by Crippen LogP contribution is 2.77. The van der Waals surface area contributed by atoms with Crippen LogP contribution in [0.4, 0.5) is 0 Å². The highest BCUT2D eigenvalue weighted by atomic mass is 31.3. The maximum absolute atomic E-state index is 12.7. The van der Waals surface area contributed by atoms with Gasteiger partial charge in [-0.25, -0.2) is 4.90 Å². The van der Waals surface area contributed by atoms with Gasteiger partial charge >= 0.3 is 45.6 Å². The molecule has 1 unspecified atom stereocenters. The summed E-state index contributed by atoms with van der Waals surface area (Å²) in [5.74, 6) is 0. The Morgan fingerprint density at radius 3 is 1.06 bits per heavy atom. The van der Waals surface area contributed by atoms with Crippen LogP contribution in [0.5, 0.6) is 0 Å². The van der Waals surface area contributed by atoms with Crippen molar-refractivity contribution < 1.29 is 85.4 Å². The lowest BCUT2D eigenvalue weighted by molar-refractivity contribution is 0.183. The van der Waals surface area contributed by atoms with Gasteiger partial charge in [0.25, 0.3) is 0 Å². The molecule has 1 saturated heterocycles. The molecule has 0 aromatic carbocycles. The van der Waals surface area contributed by atoms with Gasteiger partial charge in [0.05, 0.1) is 13.2 Å². The largest absolute Gasteiger partial charge is 0.360 e. The predicted octanol–water partition coefficient (Wildman–Crippen LogP) is -1.57. The summed E-state index contributed by atoms with van der Waals surface area (Å²) >= 11 is 0. The molecule has 0 amide bonds. The van der Waals surface area contributed by atoms with Gasteiger partial charge in [-0.05, 0) is 0 Å². The lowest BCUT2D eigenvalue weighted by Gasteiger charge is -2.42. The first-order valence-corrected chi connectivity index (χ1v) is 16.9. The Balaban J connectivity index is 0.00000900. The summed E-state index contributed by atoms with van der Waals surface area (Å²) in [6, 6.07) is 0. The minimum Gasteiger partial charge on any atom is -0.344 e. The molecule has 0 saturated carbocycles. The van der Waals surface area contributed by atoms with Crippen molar-refractivity contribution in [2.45, 2.75) is 16.6 Å². The molecule has 1 rings (SSSR count). The second kappa shape index (κ2) is 9.82. The number of hydrogen-bond donors (Lipinski definition) is 11. The first kappa shape index (κ1) is 31.8. The van der Waals surface area contributed by atoms with Gasteiger partial charge in [0.2, 0.25) is 16.6 Å². The van der Waals surface area contributed by atoms with Crippen molar-refractivity contribution in [1.82, 2.24) is 11.1 Å². The summed E-state index contributed by atoms with van der Waals surface area (Å²) in [6.45, 7) is -1.43. The molecule has 0 aliphatic carbocycles. The van der Waals surface area contributed by atoms with Crippen LogP contribution in [0.1, 0.15) is 0 Å². The first-order chi connectivity index (χ1) is 12.9. The van der Waals surface area contributed by atoms with Crippen LogP contribution in [0.15, 0.2) is 0 Å². The molecule has 1 aliphatic heterocycles. The molecule has 0 bridgehead atoms. The van der Waals surface area contributed by atoms with E-state index in [0.717, 1.165) is 0 Å². The van der Waals surface area contributed by atoms with Crippen LogP contribution < -0.4 is 6.15 Å². The van der Waals surface area contributed by atoms with E-state index < -0.39 is 80.3 Å². The van der Waals surface area contributed by atoms with Crippen LogP contribution in [0, 0.1) is 0 Å². The van der Waals surface area contributed by atoms with E-state index in [0.29, 0.717) is 0 Å². The fourth-order valence-electron chi connectivity index (χ4n) is 2.47. The summed E-state index contributed by atoms with van der Waals surface area (Å²) in [5, 5.41) is 0. The molecule has 1 aliphatic rings. The Bertz CT molecular complexity index is 831. The fourth-order valence-corrected chi connectivity index (χ4v) is 13.4. The number of rotatable bonds is 9. The molecular formula is C5H20N2O18P6. The van der Waals surface area contributed by atoms with Crippen LogP contribution in [0.25, 0.3) is 0 Å². The summed E-state index contributed by atoms with van der Waals surface area (Å²) in [5.41, 5.74) is -11.6. The van der Waals surface area contributed by atoms with Crippen molar-refractivity contribution >= 4 is 45.6 Å². The zero-order chi connectivity index (χ0) is 24.1. The zero-order valence-electron chi connectivity index (χ0n) is 14.7. The average Bonchev–Trinajstić information content (AvgIpc) is 2.76. The molecule has 0 spiro atoms. The van der Waals surface area contributed by atoms with Crippen LogP contribution >= 0.6 is 45.6 Å². The summed E-state index contributed by atoms with van der Waals surface area (Å²) in [4.78, 5) is 92.7. The van der Waals surface area contributed by atoms with Crippen LogP contribution in [-0.4, -0.2) is 83.6 Å². The van der Waals surface area contributed by atoms with Gasteiger partial charge in [-0.1, -0.05) is 0 Å². The predicted molar refractivity (Wildman–Crippen MR) is 98.0 cm³/mol. The van der Waals surface area contributed by atoms with Gasteiger partial charge in [0.1, 0.15) is 0 Å². The lowest BCUT2D eigenvalue weighted by atomic mass is 10.8. The maximum atomic E-state index is 12.7. The second-order valence-electron chi connectivity index (χ2n) is 5.64. The minimum absolute atomic E-state index is 0. The van der Waals surface area contributed by atoms with Gasteiger partial charge in [-0.2, -0.15) is 0 Å². The highest BCUT2D eigenvalue weighted by Gasteiger charge is 2.68. The molecule has 0 aromatic heterocycles. The summed E-state index contributed by atoms with van der Waals surface area (Å²) < 4.78 is 80.7. The quantitative estimate of drug-likeness (QED) is 0.137. The van der Waals surface area contributed by atoms with Crippen LogP contribution in [0.2, 0.25) is 0 Å². The maximum Gasteiger partial charge on any atom is 0.360 e. The van der Waals surface area contributed by atoms with Crippen molar-refractivity contribution in [3.8, 4) is 0 Å². The molecule has 1 atom stereocenters. The highest BCUT2D eigenvalue weighted by molar-refractivity contribution is 7.74.